The molecule has 3 aromatic carbocycles. The molecule has 0 aliphatic heterocycles. The summed E-state index contributed by atoms with van der Waals surface area (Å²) in [5, 5.41) is 3.74. The Morgan fingerprint density at radius 1 is 0.971 bits per heavy atom. The number of para-hydroxylation sites is 1. The van der Waals surface area contributed by atoms with Crippen LogP contribution < -0.4 is 20.3 Å². The normalized spacial score (nSPS) is 11.3. The first-order valence-corrected chi connectivity index (χ1v) is 11.9. The van der Waals surface area contributed by atoms with Gasteiger partial charge in [-0.3, -0.25) is 14.3 Å². The van der Waals surface area contributed by atoms with E-state index in [2.05, 4.69) is 10.0 Å². The first-order chi connectivity index (χ1) is 16.2. The molecule has 34 heavy (non-hydrogen) atoms. The van der Waals surface area contributed by atoms with Gasteiger partial charge in [-0.2, -0.15) is 0 Å². The number of aromatic nitrogens is 1. The average molecular weight is 498 g/mol. The first-order valence-electron chi connectivity index (χ1n) is 10.1. The summed E-state index contributed by atoms with van der Waals surface area (Å²) in [5.41, 5.74) is 0.970. The number of rotatable bonds is 6. The van der Waals surface area contributed by atoms with E-state index in [1.807, 2.05) is 0 Å². The lowest BCUT2D eigenvalue weighted by Crippen LogP contribution is -2.22. The van der Waals surface area contributed by atoms with Gasteiger partial charge in [0, 0.05) is 34.9 Å². The second kappa shape index (κ2) is 9.20. The van der Waals surface area contributed by atoms with Crippen molar-refractivity contribution in [3.05, 3.63) is 93.7 Å². The predicted octanol–water partition coefficient (Wildman–Crippen LogP) is 4.25. The highest BCUT2D eigenvalue weighted by Crippen LogP contribution is 2.29. The van der Waals surface area contributed by atoms with Crippen LogP contribution in [0.2, 0.25) is 5.02 Å². The Bertz CT molecular complexity index is 1560. The molecule has 1 amide bonds. The summed E-state index contributed by atoms with van der Waals surface area (Å²) in [6.07, 6.45) is 0. The summed E-state index contributed by atoms with van der Waals surface area (Å²) >= 11 is 5.86. The van der Waals surface area contributed by atoms with Crippen LogP contribution in [0.15, 0.2) is 82.5 Å². The van der Waals surface area contributed by atoms with Gasteiger partial charge in [0.1, 0.15) is 10.6 Å². The molecule has 0 aliphatic carbocycles. The predicted molar refractivity (Wildman–Crippen MR) is 132 cm³/mol. The number of carbonyl (C=O) groups is 1. The van der Waals surface area contributed by atoms with Gasteiger partial charge in [-0.25, -0.2) is 8.42 Å². The number of pyridine rings is 1. The summed E-state index contributed by atoms with van der Waals surface area (Å²) in [6.45, 7) is 0. The number of hydrogen-bond acceptors (Lipinski definition) is 5. The maximum absolute atomic E-state index is 13.1. The Kier molecular flexibility index (Phi) is 6.32. The molecule has 10 heteroatoms. The van der Waals surface area contributed by atoms with E-state index in [0.717, 1.165) is 0 Å². The molecule has 0 aliphatic rings. The molecule has 4 aromatic rings. The molecule has 174 valence electrons. The molecule has 0 saturated carbocycles. The fraction of sp³-hybridized carbons (Fsp3) is 0.0833. The minimum Gasteiger partial charge on any atom is -0.495 e. The Morgan fingerprint density at radius 2 is 1.65 bits per heavy atom. The third-order valence-electron chi connectivity index (χ3n) is 5.21. The van der Waals surface area contributed by atoms with Crippen molar-refractivity contribution in [3.63, 3.8) is 0 Å². The van der Waals surface area contributed by atoms with Crippen LogP contribution in [0.25, 0.3) is 10.9 Å². The van der Waals surface area contributed by atoms with Crippen LogP contribution in [0.1, 0.15) is 10.4 Å². The topological polar surface area (TPSA) is 106 Å². The maximum Gasteiger partial charge on any atom is 0.265 e. The van der Waals surface area contributed by atoms with E-state index in [-0.39, 0.29) is 27.5 Å². The number of nitrogens with one attached hydrogen (secondary N) is 2. The molecular formula is C24H20ClN3O5S. The van der Waals surface area contributed by atoms with Crippen molar-refractivity contribution in [1.29, 1.82) is 0 Å². The van der Waals surface area contributed by atoms with Gasteiger partial charge in [-0.15, -0.1) is 0 Å². The van der Waals surface area contributed by atoms with Crippen LogP contribution in [0, 0.1) is 0 Å². The van der Waals surface area contributed by atoms with Crippen LogP contribution in [-0.2, 0) is 17.1 Å². The lowest BCUT2D eigenvalue weighted by atomic mass is 10.1. The van der Waals surface area contributed by atoms with Crippen LogP contribution in [-0.4, -0.2) is 26.0 Å². The zero-order valence-corrected chi connectivity index (χ0v) is 19.8. The number of fused-ring (bicyclic) bond motifs is 1. The second-order valence-corrected chi connectivity index (χ2v) is 9.49. The Balaban J connectivity index is 1.69. The van der Waals surface area contributed by atoms with Gasteiger partial charge in [-0.05, 0) is 48.5 Å². The van der Waals surface area contributed by atoms with Crippen molar-refractivity contribution < 1.29 is 17.9 Å². The van der Waals surface area contributed by atoms with Crippen LogP contribution >= 0.6 is 11.6 Å². The van der Waals surface area contributed by atoms with E-state index in [1.165, 1.54) is 48.1 Å². The molecule has 1 heterocycles. The van der Waals surface area contributed by atoms with Crippen LogP contribution in [0.3, 0.4) is 0 Å². The monoisotopic (exact) mass is 497 g/mol. The van der Waals surface area contributed by atoms with E-state index in [0.29, 0.717) is 21.6 Å². The molecule has 0 radical (unpaired) electrons. The molecule has 8 nitrogen and oxygen atoms in total. The number of anilines is 2. The average Bonchev–Trinajstić information content (AvgIpc) is 2.82. The van der Waals surface area contributed by atoms with Gasteiger partial charge in [-0.1, -0.05) is 29.8 Å². The van der Waals surface area contributed by atoms with Gasteiger partial charge in [0.2, 0.25) is 0 Å². The first kappa shape index (κ1) is 23.3. The molecule has 0 atom stereocenters. The largest absolute Gasteiger partial charge is 0.495 e. The van der Waals surface area contributed by atoms with Crippen molar-refractivity contribution >= 4 is 49.8 Å². The smallest absolute Gasteiger partial charge is 0.265 e. The third-order valence-corrected chi connectivity index (χ3v) is 6.86. The number of hydrogen-bond donors (Lipinski definition) is 2. The number of sulfonamides is 1. The number of methoxy groups -OCH3 is 1. The van der Waals surface area contributed by atoms with Gasteiger partial charge in [0.05, 0.1) is 18.2 Å². The summed E-state index contributed by atoms with van der Waals surface area (Å²) in [6, 6.07) is 18.7. The molecule has 0 unspecified atom stereocenters. The van der Waals surface area contributed by atoms with Crippen molar-refractivity contribution in [3.8, 4) is 5.75 Å². The third kappa shape index (κ3) is 4.61. The van der Waals surface area contributed by atoms with Gasteiger partial charge < -0.3 is 14.6 Å². The van der Waals surface area contributed by atoms with E-state index in [4.69, 9.17) is 16.3 Å². The Hall–Kier alpha value is -3.82. The van der Waals surface area contributed by atoms with E-state index >= 15 is 0 Å². The van der Waals surface area contributed by atoms with Gasteiger partial charge in [0.25, 0.3) is 21.5 Å². The molecule has 1 aromatic heterocycles. The van der Waals surface area contributed by atoms with Crippen molar-refractivity contribution in [2.45, 2.75) is 4.90 Å². The fourth-order valence-corrected chi connectivity index (χ4v) is 4.87. The summed E-state index contributed by atoms with van der Waals surface area (Å²) in [7, 11) is -1.09. The van der Waals surface area contributed by atoms with Crippen molar-refractivity contribution in [1.82, 2.24) is 4.57 Å². The molecule has 4 rings (SSSR count). The summed E-state index contributed by atoms with van der Waals surface area (Å²) in [4.78, 5) is 25.2. The lowest BCUT2D eigenvalue weighted by Gasteiger charge is -2.14. The van der Waals surface area contributed by atoms with Crippen molar-refractivity contribution in [2.75, 3.05) is 17.1 Å². The molecular weight excluding hydrogens is 478 g/mol. The highest BCUT2D eigenvalue weighted by Gasteiger charge is 2.22. The highest BCUT2D eigenvalue weighted by atomic mass is 35.5. The number of carbonyl (C=O) groups excluding carboxylic acids is 1. The Labute approximate surface area is 200 Å². The molecule has 0 fully saturated rings. The van der Waals surface area contributed by atoms with Crippen molar-refractivity contribution in [2.24, 2.45) is 7.05 Å². The molecule has 0 bridgehead atoms. The van der Waals surface area contributed by atoms with Crippen LogP contribution in [0.4, 0.5) is 11.4 Å². The Morgan fingerprint density at radius 3 is 2.35 bits per heavy atom. The molecule has 0 spiro atoms. The zero-order valence-electron chi connectivity index (χ0n) is 18.2. The van der Waals surface area contributed by atoms with E-state index in [9.17, 15) is 18.0 Å². The standard InChI is InChI=1S/C24H20ClN3O5S/c1-28-20-6-4-3-5-18(20)19(14-23(28)29)24(30)26-17-11-12-21(33-2)22(13-17)34(31,32)27-16-9-7-15(25)8-10-16/h3-14,27H,1-2H3,(H,26,30). The minimum atomic E-state index is -4.06. The summed E-state index contributed by atoms with van der Waals surface area (Å²) in [5.74, 6) is -0.452. The number of benzene rings is 3. The lowest BCUT2D eigenvalue weighted by molar-refractivity contribution is 0.102. The second-order valence-electron chi connectivity index (χ2n) is 7.40. The SMILES string of the molecule is COc1ccc(NC(=O)c2cc(=O)n(C)c3ccccc23)cc1S(=O)(=O)Nc1ccc(Cl)cc1. The van der Waals surface area contributed by atoms with Gasteiger partial charge in [0.15, 0.2) is 0 Å². The molecule has 0 saturated heterocycles. The number of ether oxygens (including phenoxy) is 1. The minimum absolute atomic E-state index is 0.0958. The number of amides is 1. The summed E-state index contributed by atoms with van der Waals surface area (Å²) < 4.78 is 35.2. The quantitative estimate of drug-likeness (QED) is 0.414. The van der Waals surface area contributed by atoms with Gasteiger partial charge >= 0.3 is 0 Å². The van der Waals surface area contributed by atoms with Crippen LogP contribution in [0.5, 0.6) is 5.75 Å². The van der Waals surface area contributed by atoms with E-state index in [1.54, 1.807) is 43.4 Å². The fourth-order valence-electron chi connectivity index (χ4n) is 3.49. The molecule has 2 N–H and O–H groups in total. The highest BCUT2D eigenvalue weighted by molar-refractivity contribution is 7.92. The van der Waals surface area contributed by atoms with E-state index < -0.39 is 15.9 Å². The number of halogens is 1. The number of aryl methyl sites for hydroxylation is 1. The zero-order chi connectivity index (χ0) is 24.5. The maximum atomic E-state index is 13.1. The number of nitrogens with zero attached hydrogens (tertiary/aromatic N) is 1.